The van der Waals surface area contributed by atoms with Crippen molar-refractivity contribution in [2.45, 2.75) is 0 Å². The summed E-state index contributed by atoms with van der Waals surface area (Å²) in [6.45, 7) is 2.48. The van der Waals surface area contributed by atoms with Crippen molar-refractivity contribution in [1.29, 1.82) is 0 Å². The van der Waals surface area contributed by atoms with Crippen molar-refractivity contribution in [1.82, 2.24) is 0 Å². The second-order valence-electron chi connectivity index (χ2n) is 0.808. The second kappa shape index (κ2) is 3.19. The second-order valence-corrected chi connectivity index (χ2v) is 14.0. The first-order chi connectivity index (χ1) is 3.00. The van der Waals surface area contributed by atoms with Crippen molar-refractivity contribution < 1.29 is 0 Å². The monoisotopic (exact) mass is 151 g/mol. The Morgan fingerprint density at radius 1 is 0.833 bits per heavy atom. The summed E-state index contributed by atoms with van der Waals surface area (Å²) in [5, 5.41) is 0. The van der Waals surface area contributed by atoms with E-state index in [1.807, 2.05) is 0 Å². The summed E-state index contributed by atoms with van der Waals surface area (Å²) in [7, 11) is 6.46. The summed E-state index contributed by atoms with van der Waals surface area (Å²) in [5.74, 6) is 0. The average molecular weight is 151 g/mol. The van der Waals surface area contributed by atoms with Crippen molar-refractivity contribution in [3.05, 3.63) is 0 Å². The maximum absolute atomic E-state index is 2.48. The Balaban J connectivity index is 2.00. The molecule has 1 aliphatic heterocycles. The van der Waals surface area contributed by atoms with Gasteiger partial charge in [-0.15, -0.1) is 0 Å². The van der Waals surface area contributed by atoms with E-state index in [0.717, 1.165) is 0 Å². The van der Waals surface area contributed by atoms with Crippen molar-refractivity contribution in [3.63, 3.8) is 0 Å². The molecule has 1 rings (SSSR count). The Hall–Kier alpha value is 1.15. The van der Waals surface area contributed by atoms with Gasteiger partial charge in [-0.2, -0.15) is 0 Å². The van der Waals surface area contributed by atoms with Gasteiger partial charge in [-0.3, -0.25) is 0 Å². The van der Waals surface area contributed by atoms with Crippen LogP contribution in [0.5, 0.6) is 0 Å². The van der Waals surface area contributed by atoms with Crippen LogP contribution in [-0.2, 0) is 0 Å². The summed E-state index contributed by atoms with van der Waals surface area (Å²) in [4.78, 5) is 0. The first-order valence-electron chi connectivity index (χ1n) is 1.58. The molecule has 6 heteroatoms. The van der Waals surface area contributed by atoms with Crippen LogP contribution in [0.1, 0.15) is 0 Å². The SMILES string of the molecule is [B]1[Si][Si][Si][Si][Si]1. The molecule has 11 radical (unpaired) electrons. The van der Waals surface area contributed by atoms with Gasteiger partial charge >= 0.3 is 0 Å². The third kappa shape index (κ3) is 1.73. The van der Waals surface area contributed by atoms with Crippen LogP contribution in [0, 0.1) is 0 Å². The van der Waals surface area contributed by atoms with Crippen LogP contribution in [0.3, 0.4) is 0 Å². The number of hydrogen-bond acceptors (Lipinski definition) is 0. The molecular weight excluding hydrogens is 151 g/mol. The summed E-state index contributed by atoms with van der Waals surface area (Å²) >= 11 is 0. The first kappa shape index (κ1) is 5.29. The van der Waals surface area contributed by atoms with E-state index >= 15 is 0 Å². The lowest BCUT2D eigenvalue weighted by Crippen LogP contribution is -2.38. The van der Waals surface area contributed by atoms with Crippen LogP contribution in [0.4, 0.5) is 0 Å². The molecule has 0 unspecified atom stereocenters. The maximum Gasteiger partial charge on any atom is 0.0758 e. The van der Waals surface area contributed by atoms with Crippen LogP contribution in [-0.4, -0.2) is 49.9 Å². The Morgan fingerprint density at radius 2 is 1.50 bits per heavy atom. The van der Waals surface area contributed by atoms with Crippen molar-refractivity contribution in [2.75, 3.05) is 0 Å². The van der Waals surface area contributed by atoms with Gasteiger partial charge in [0.05, 0.1) is 6.46 Å². The molecule has 23 valence electrons. The summed E-state index contributed by atoms with van der Waals surface area (Å²) in [6.07, 6.45) is 0. The number of hydrogen-bond donors (Lipinski definition) is 0. The fraction of sp³-hybridized carbons (Fsp3) is 0. The standard InChI is InChI=1S/BSi5/c1-2-4-6-5-3-1. The molecule has 1 fully saturated rings. The van der Waals surface area contributed by atoms with Crippen LogP contribution >= 0.6 is 0 Å². The molecule has 0 aromatic heterocycles. The van der Waals surface area contributed by atoms with E-state index in [1.165, 1.54) is 43.5 Å². The summed E-state index contributed by atoms with van der Waals surface area (Å²) in [5.41, 5.74) is 0. The molecule has 0 aliphatic carbocycles. The largest absolute Gasteiger partial charge is 0.0758 e. The molecule has 0 saturated carbocycles. The zero-order valence-corrected chi connectivity index (χ0v) is 8.08. The average Bonchev–Trinajstić information content (AvgIpc) is 1.72. The Kier molecular flexibility index (Phi) is 2.81. The molecule has 0 N–H and O–H groups in total. The third-order valence-corrected chi connectivity index (χ3v) is 17.9. The third-order valence-electron chi connectivity index (χ3n) is 0.414. The summed E-state index contributed by atoms with van der Waals surface area (Å²) in [6, 6.07) is 0. The van der Waals surface area contributed by atoms with Gasteiger partial charge in [-0.05, 0) is 43.5 Å². The minimum atomic E-state index is 1.24. The van der Waals surface area contributed by atoms with Crippen LogP contribution in [0.15, 0.2) is 0 Å². The highest BCUT2D eigenvalue weighted by atomic mass is 29.8. The van der Waals surface area contributed by atoms with Gasteiger partial charge in [0.15, 0.2) is 0 Å². The fourth-order valence-electron chi connectivity index (χ4n) is 0.212. The van der Waals surface area contributed by atoms with Crippen LogP contribution in [0.25, 0.3) is 0 Å². The van der Waals surface area contributed by atoms with Crippen molar-refractivity contribution in [2.24, 2.45) is 0 Å². The van der Waals surface area contributed by atoms with Crippen molar-refractivity contribution in [3.8, 4) is 0 Å². The van der Waals surface area contributed by atoms with Gasteiger partial charge < -0.3 is 0 Å². The maximum atomic E-state index is 2.48. The molecule has 0 atom stereocenters. The molecule has 1 heterocycles. The Labute approximate surface area is 50.3 Å². The zero-order chi connectivity index (χ0) is 4.24. The minimum absolute atomic E-state index is 1.24. The van der Waals surface area contributed by atoms with Gasteiger partial charge in [0.2, 0.25) is 0 Å². The highest BCUT2D eigenvalue weighted by Crippen LogP contribution is 1.62. The molecule has 1 aliphatic rings. The Bertz CT molecular complexity index is 19.4. The molecule has 0 bridgehead atoms. The normalized spacial score (nSPS) is 22.7. The lowest BCUT2D eigenvalue weighted by atomic mass is 10.7. The molecule has 0 amide bonds. The van der Waals surface area contributed by atoms with E-state index in [1.54, 1.807) is 0 Å². The van der Waals surface area contributed by atoms with Gasteiger partial charge in [-0.25, -0.2) is 0 Å². The van der Waals surface area contributed by atoms with E-state index in [9.17, 15) is 0 Å². The van der Waals surface area contributed by atoms with E-state index in [-0.39, 0.29) is 0 Å². The van der Waals surface area contributed by atoms with E-state index in [0.29, 0.717) is 0 Å². The van der Waals surface area contributed by atoms with Gasteiger partial charge in [0.1, 0.15) is 0 Å². The lowest BCUT2D eigenvalue weighted by molar-refractivity contribution is 3.75. The fourth-order valence-corrected chi connectivity index (χ4v) is 22.2. The predicted molar refractivity (Wildman–Crippen MR) is 34.5 cm³/mol. The smallest absolute Gasteiger partial charge is 0.0314 e. The molecule has 0 aromatic carbocycles. The van der Waals surface area contributed by atoms with Crippen LogP contribution in [0.2, 0.25) is 0 Å². The van der Waals surface area contributed by atoms with E-state index in [2.05, 4.69) is 6.46 Å². The number of rotatable bonds is 0. The molecule has 0 nitrogen and oxygen atoms in total. The van der Waals surface area contributed by atoms with Crippen molar-refractivity contribution >= 4 is 49.9 Å². The highest BCUT2D eigenvalue weighted by Gasteiger charge is 2.00. The quantitative estimate of drug-likeness (QED) is 0.342. The summed E-state index contributed by atoms with van der Waals surface area (Å²) < 4.78 is 0. The molecule has 6 heavy (non-hydrogen) atoms. The van der Waals surface area contributed by atoms with Gasteiger partial charge in [-0.1, -0.05) is 0 Å². The molecular formula is BSi5. The van der Waals surface area contributed by atoms with Gasteiger partial charge in [0, 0.05) is 0 Å². The zero-order valence-electron chi connectivity index (χ0n) is 3.08. The molecule has 0 spiro atoms. The molecule has 0 aromatic rings. The van der Waals surface area contributed by atoms with E-state index < -0.39 is 0 Å². The topological polar surface area (TPSA) is 0 Å². The van der Waals surface area contributed by atoms with E-state index in [4.69, 9.17) is 0 Å². The van der Waals surface area contributed by atoms with Gasteiger partial charge in [0.25, 0.3) is 0 Å². The highest BCUT2D eigenvalue weighted by molar-refractivity contribution is 7.76. The predicted octanol–water partition coefficient (Wildman–Crippen LogP) is -2.28. The first-order valence-corrected chi connectivity index (χ1v) is 10.7. The van der Waals surface area contributed by atoms with Crippen LogP contribution < -0.4 is 0 Å². The minimum Gasteiger partial charge on any atom is -0.0314 e. The lowest BCUT2D eigenvalue weighted by Gasteiger charge is -2.00. The Morgan fingerprint density at radius 3 is 1.67 bits per heavy atom. The molecule has 1 saturated heterocycles.